The van der Waals surface area contributed by atoms with Crippen LogP contribution in [0.25, 0.3) is 0 Å². The molecule has 100 valence electrons. The second kappa shape index (κ2) is 5.23. The topological polar surface area (TPSA) is 101 Å². The van der Waals surface area contributed by atoms with Crippen LogP contribution in [0.4, 0.5) is 11.5 Å². The third-order valence-electron chi connectivity index (χ3n) is 2.50. The van der Waals surface area contributed by atoms with Gasteiger partial charge in [-0.25, -0.2) is 14.8 Å². The van der Waals surface area contributed by atoms with Crippen LogP contribution in [-0.2, 0) is 0 Å². The first-order valence-electron chi connectivity index (χ1n) is 5.65. The van der Waals surface area contributed by atoms with Crippen molar-refractivity contribution >= 4 is 28.8 Å². The van der Waals surface area contributed by atoms with Crippen molar-refractivity contribution in [3.63, 3.8) is 0 Å². The summed E-state index contributed by atoms with van der Waals surface area (Å²) in [5.41, 5.74) is 5.92. The van der Waals surface area contributed by atoms with Crippen LogP contribution >= 0.6 is 11.3 Å². The molecule has 6 nitrogen and oxygen atoms in total. The average molecular weight is 278 g/mol. The number of aromatic nitrogens is 2. The van der Waals surface area contributed by atoms with Crippen molar-refractivity contribution in [1.82, 2.24) is 9.97 Å². The van der Waals surface area contributed by atoms with Gasteiger partial charge < -0.3 is 16.2 Å². The third-order valence-corrected chi connectivity index (χ3v) is 3.60. The normalized spacial score (nSPS) is 12.1. The summed E-state index contributed by atoms with van der Waals surface area (Å²) >= 11 is 1.56. The Morgan fingerprint density at radius 2 is 2.21 bits per heavy atom. The van der Waals surface area contributed by atoms with Gasteiger partial charge in [-0.05, 0) is 19.9 Å². The first-order chi connectivity index (χ1) is 8.97. The number of carboxylic acids is 1. The summed E-state index contributed by atoms with van der Waals surface area (Å²) < 4.78 is 0. The molecule has 1 unspecified atom stereocenters. The number of rotatable bonds is 4. The molecule has 0 spiro atoms. The molecule has 2 rings (SSSR count). The van der Waals surface area contributed by atoms with Gasteiger partial charge in [-0.2, -0.15) is 0 Å². The highest BCUT2D eigenvalue weighted by Gasteiger charge is 2.16. The van der Waals surface area contributed by atoms with Gasteiger partial charge in [-0.15, -0.1) is 11.3 Å². The number of pyridine rings is 1. The van der Waals surface area contributed by atoms with Gasteiger partial charge in [-0.3, -0.25) is 0 Å². The van der Waals surface area contributed by atoms with Crippen LogP contribution < -0.4 is 11.1 Å². The smallest absolute Gasteiger partial charge is 0.339 e. The third kappa shape index (κ3) is 3.00. The maximum Gasteiger partial charge on any atom is 0.339 e. The highest BCUT2D eigenvalue weighted by atomic mass is 32.1. The zero-order valence-electron chi connectivity index (χ0n) is 10.5. The first kappa shape index (κ1) is 13.3. The Morgan fingerprint density at radius 1 is 1.47 bits per heavy atom. The molecule has 0 aromatic carbocycles. The largest absolute Gasteiger partial charge is 0.478 e. The minimum atomic E-state index is -1.06. The Labute approximate surface area is 114 Å². The second-order valence-electron chi connectivity index (χ2n) is 4.15. The number of carboxylic acid groups (broad SMARTS) is 1. The van der Waals surface area contributed by atoms with Gasteiger partial charge in [0, 0.05) is 11.1 Å². The van der Waals surface area contributed by atoms with Crippen molar-refractivity contribution in [2.75, 3.05) is 11.1 Å². The number of hydrogen-bond donors (Lipinski definition) is 3. The van der Waals surface area contributed by atoms with Crippen LogP contribution in [0.3, 0.4) is 0 Å². The predicted molar refractivity (Wildman–Crippen MR) is 74.5 cm³/mol. The van der Waals surface area contributed by atoms with E-state index in [2.05, 4.69) is 15.3 Å². The first-order valence-corrected chi connectivity index (χ1v) is 6.46. The van der Waals surface area contributed by atoms with Crippen molar-refractivity contribution < 1.29 is 9.90 Å². The number of hydrogen-bond acceptors (Lipinski definition) is 6. The Hall–Kier alpha value is -2.15. The van der Waals surface area contributed by atoms with Crippen molar-refractivity contribution in [3.05, 3.63) is 33.9 Å². The summed E-state index contributed by atoms with van der Waals surface area (Å²) in [4.78, 5) is 20.5. The van der Waals surface area contributed by atoms with E-state index in [0.29, 0.717) is 11.5 Å². The lowest BCUT2D eigenvalue weighted by Crippen LogP contribution is -2.12. The van der Waals surface area contributed by atoms with Crippen LogP contribution in [0.1, 0.15) is 33.2 Å². The monoisotopic (exact) mass is 278 g/mol. The molecule has 0 fully saturated rings. The van der Waals surface area contributed by atoms with E-state index < -0.39 is 5.97 Å². The average Bonchev–Trinajstić information content (AvgIpc) is 2.78. The highest BCUT2D eigenvalue weighted by Crippen LogP contribution is 2.24. The Morgan fingerprint density at radius 3 is 2.79 bits per heavy atom. The molecule has 19 heavy (non-hydrogen) atoms. The van der Waals surface area contributed by atoms with Crippen molar-refractivity contribution in [1.29, 1.82) is 0 Å². The fourth-order valence-corrected chi connectivity index (χ4v) is 2.37. The number of carbonyl (C=O) groups is 1. The van der Waals surface area contributed by atoms with E-state index in [0.717, 1.165) is 9.88 Å². The van der Waals surface area contributed by atoms with Gasteiger partial charge in [0.2, 0.25) is 0 Å². The van der Waals surface area contributed by atoms with Crippen LogP contribution in [0.15, 0.2) is 18.5 Å². The number of nitrogens with two attached hydrogens (primary N) is 1. The molecule has 0 aliphatic heterocycles. The number of aromatic carboxylic acids is 1. The van der Waals surface area contributed by atoms with E-state index in [1.807, 2.05) is 13.8 Å². The molecule has 0 amide bonds. The molecule has 2 heterocycles. The van der Waals surface area contributed by atoms with E-state index in [1.165, 1.54) is 12.3 Å². The summed E-state index contributed by atoms with van der Waals surface area (Å²) in [5, 5.41) is 13.1. The number of thiazole rings is 1. The molecule has 2 aromatic heterocycles. The molecule has 0 saturated carbocycles. The number of nitrogens with one attached hydrogen (secondary N) is 1. The van der Waals surface area contributed by atoms with Crippen LogP contribution in [0.2, 0.25) is 0 Å². The number of nitrogen functional groups attached to an aromatic ring is 1. The number of aryl methyl sites for hydroxylation is 1. The van der Waals surface area contributed by atoms with Crippen LogP contribution in [-0.4, -0.2) is 21.0 Å². The summed E-state index contributed by atoms with van der Waals surface area (Å²) in [7, 11) is 0. The van der Waals surface area contributed by atoms with Gasteiger partial charge >= 0.3 is 5.97 Å². The minimum absolute atomic E-state index is 0.0557. The zero-order valence-corrected chi connectivity index (χ0v) is 11.4. The Bertz CT molecular complexity index is 612. The molecule has 7 heteroatoms. The second-order valence-corrected chi connectivity index (χ2v) is 5.41. The molecule has 0 bridgehead atoms. The SMILES string of the molecule is Cc1cnc(C(C)Nc2ncc(N)cc2C(=O)O)s1. The molecule has 0 radical (unpaired) electrons. The maximum absolute atomic E-state index is 11.1. The lowest BCUT2D eigenvalue weighted by Gasteiger charge is -2.14. The zero-order chi connectivity index (χ0) is 14.0. The van der Waals surface area contributed by atoms with Gasteiger partial charge in [-0.1, -0.05) is 0 Å². The summed E-state index contributed by atoms with van der Waals surface area (Å²) in [6, 6.07) is 1.27. The molecule has 4 N–H and O–H groups in total. The number of anilines is 2. The quantitative estimate of drug-likeness (QED) is 0.793. The van der Waals surface area contributed by atoms with Crippen molar-refractivity contribution in [2.45, 2.75) is 19.9 Å². The van der Waals surface area contributed by atoms with Crippen LogP contribution in [0, 0.1) is 6.92 Å². The summed E-state index contributed by atoms with van der Waals surface area (Å²) in [5.74, 6) is -0.771. The van der Waals surface area contributed by atoms with Gasteiger partial charge in [0.1, 0.15) is 16.4 Å². The van der Waals surface area contributed by atoms with Gasteiger partial charge in [0.25, 0.3) is 0 Å². The summed E-state index contributed by atoms with van der Waals surface area (Å²) in [6.07, 6.45) is 3.21. The lowest BCUT2D eigenvalue weighted by molar-refractivity contribution is 0.0697. The molecular formula is C12H14N4O2S. The minimum Gasteiger partial charge on any atom is -0.478 e. The van der Waals surface area contributed by atoms with E-state index in [-0.39, 0.29) is 11.6 Å². The van der Waals surface area contributed by atoms with Crippen molar-refractivity contribution in [2.24, 2.45) is 0 Å². The predicted octanol–water partition coefficient (Wildman–Crippen LogP) is 2.30. The maximum atomic E-state index is 11.1. The standard InChI is InChI=1S/C12H14N4O2S/c1-6-4-15-11(19-6)7(2)16-10-9(12(17)18)3-8(13)5-14-10/h3-5,7H,13H2,1-2H3,(H,14,16)(H,17,18). The fraction of sp³-hybridized carbons (Fsp3) is 0.250. The number of nitrogens with zero attached hydrogens (tertiary/aromatic N) is 2. The summed E-state index contributed by atoms with van der Waals surface area (Å²) in [6.45, 7) is 3.87. The van der Waals surface area contributed by atoms with E-state index >= 15 is 0 Å². The van der Waals surface area contributed by atoms with E-state index in [1.54, 1.807) is 17.5 Å². The lowest BCUT2D eigenvalue weighted by atomic mass is 10.2. The highest BCUT2D eigenvalue weighted by molar-refractivity contribution is 7.11. The van der Waals surface area contributed by atoms with E-state index in [9.17, 15) is 4.79 Å². The molecule has 0 saturated heterocycles. The Kier molecular flexibility index (Phi) is 3.66. The van der Waals surface area contributed by atoms with Gasteiger partial charge in [0.15, 0.2) is 0 Å². The van der Waals surface area contributed by atoms with Crippen LogP contribution in [0.5, 0.6) is 0 Å². The Balaban J connectivity index is 2.26. The fourth-order valence-electron chi connectivity index (χ4n) is 1.60. The molecule has 0 aliphatic carbocycles. The molecule has 1 atom stereocenters. The molecular weight excluding hydrogens is 264 g/mol. The van der Waals surface area contributed by atoms with E-state index in [4.69, 9.17) is 10.8 Å². The van der Waals surface area contributed by atoms with Gasteiger partial charge in [0.05, 0.1) is 17.9 Å². The van der Waals surface area contributed by atoms with Crippen molar-refractivity contribution in [3.8, 4) is 0 Å². The molecule has 0 aliphatic rings. The molecule has 2 aromatic rings.